The van der Waals surface area contributed by atoms with Crippen molar-refractivity contribution >= 4 is 5.91 Å². The molecule has 0 aliphatic carbocycles. The number of hydrogen-bond donors (Lipinski definition) is 1. The molecule has 1 N–H and O–H groups in total. The monoisotopic (exact) mass is 249 g/mol. The third-order valence-electron chi connectivity index (χ3n) is 3.14. The number of nitrogens with one attached hydrogen (secondary N) is 1. The first-order chi connectivity index (χ1) is 8.75. The Balaban J connectivity index is 1.72. The number of aryl methyl sites for hydroxylation is 1. The number of carbonyl (C=O) groups excluding carboxylic acids is 1. The Morgan fingerprint density at radius 2 is 1.89 bits per heavy atom. The van der Waals surface area contributed by atoms with Gasteiger partial charge in [0.1, 0.15) is 0 Å². The summed E-state index contributed by atoms with van der Waals surface area (Å²) >= 11 is 0. The minimum absolute atomic E-state index is 0.0168. The van der Waals surface area contributed by atoms with Crippen LogP contribution in [0.15, 0.2) is 29.3 Å². The molecule has 1 aliphatic rings. The Bertz CT molecular complexity index is 429. The normalized spacial score (nSPS) is 15.7. The van der Waals surface area contributed by atoms with Gasteiger partial charge in [-0.15, -0.1) is 0 Å². The van der Waals surface area contributed by atoms with Crippen LogP contribution in [0.4, 0.5) is 0 Å². The van der Waals surface area contributed by atoms with Crippen LogP contribution in [0.3, 0.4) is 0 Å². The minimum Gasteiger partial charge on any atom is -0.354 e. The fourth-order valence-electron chi connectivity index (χ4n) is 2.08. The summed E-state index contributed by atoms with van der Waals surface area (Å²) in [6.07, 6.45) is 4.91. The second kappa shape index (κ2) is 6.35. The second-order valence-corrected chi connectivity index (χ2v) is 4.51. The standard InChI is InChI=1S/C13H19N3O2/c17-12-3-8-15(9-4-12)7-1-2-13(18)16-10-5-14-6-11-16/h3-4,8-9,14H,1-2,5-7,10-11H2. The van der Waals surface area contributed by atoms with E-state index < -0.39 is 0 Å². The lowest BCUT2D eigenvalue weighted by atomic mass is 10.2. The van der Waals surface area contributed by atoms with Crippen LogP contribution < -0.4 is 10.7 Å². The Labute approximate surface area is 106 Å². The predicted molar refractivity (Wildman–Crippen MR) is 69.4 cm³/mol. The summed E-state index contributed by atoms with van der Waals surface area (Å²) in [4.78, 5) is 24.7. The highest BCUT2D eigenvalue weighted by Gasteiger charge is 2.15. The predicted octanol–water partition coefficient (Wildman–Crippen LogP) is 0.0603. The van der Waals surface area contributed by atoms with Crippen LogP contribution in [0.5, 0.6) is 0 Å². The molecule has 0 spiro atoms. The second-order valence-electron chi connectivity index (χ2n) is 4.51. The molecule has 0 bridgehead atoms. The maximum Gasteiger partial charge on any atom is 0.222 e. The molecule has 1 aromatic rings. The Morgan fingerprint density at radius 1 is 1.22 bits per heavy atom. The Hall–Kier alpha value is -1.62. The molecule has 18 heavy (non-hydrogen) atoms. The zero-order chi connectivity index (χ0) is 12.8. The fraction of sp³-hybridized carbons (Fsp3) is 0.538. The first-order valence-electron chi connectivity index (χ1n) is 6.40. The first kappa shape index (κ1) is 12.8. The molecule has 0 saturated carbocycles. The highest BCUT2D eigenvalue weighted by atomic mass is 16.2. The lowest BCUT2D eigenvalue weighted by molar-refractivity contribution is -0.131. The number of carbonyl (C=O) groups is 1. The summed E-state index contributed by atoms with van der Waals surface area (Å²) in [5.41, 5.74) is 0.0168. The lowest BCUT2D eigenvalue weighted by Gasteiger charge is -2.27. The number of aromatic nitrogens is 1. The summed E-state index contributed by atoms with van der Waals surface area (Å²) in [7, 11) is 0. The van der Waals surface area contributed by atoms with Gasteiger partial charge in [-0.3, -0.25) is 9.59 Å². The molecule has 2 rings (SSSR count). The van der Waals surface area contributed by atoms with Gasteiger partial charge in [-0.2, -0.15) is 0 Å². The third kappa shape index (κ3) is 3.70. The summed E-state index contributed by atoms with van der Waals surface area (Å²) in [6.45, 7) is 4.20. The fourth-order valence-corrected chi connectivity index (χ4v) is 2.08. The maximum absolute atomic E-state index is 11.9. The zero-order valence-corrected chi connectivity index (χ0v) is 10.5. The van der Waals surface area contributed by atoms with E-state index in [-0.39, 0.29) is 11.3 Å². The SMILES string of the molecule is O=C(CCCn1ccc(=O)cc1)N1CCNCC1. The van der Waals surface area contributed by atoms with Crippen molar-refractivity contribution in [1.82, 2.24) is 14.8 Å². The first-order valence-corrected chi connectivity index (χ1v) is 6.40. The topological polar surface area (TPSA) is 54.3 Å². The molecule has 98 valence electrons. The van der Waals surface area contributed by atoms with Crippen molar-refractivity contribution in [3.63, 3.8) is 0 Å². The molecule has 0 radical (unpaired) electrons. The quantitative estimate of drug-likeness (QED) is 0.821. The lowest BCUT2D eigenvalue weighted by Crippen LogP contribution is -2.46. The Morgan fingerprint density at radius 3 is 2.56 bits per heavy atom. The molecular formula is C13H19N3O2. The van der Waals surface area contributed by atoms with Crippen molar-refractivity contribution in [3.8, 4) is 0 Å². The van der Waals surface area contributed by atoms with E-state index in [4.69, 9.17) is 0 Å². The number of pyridine rings is 1. The van der Waals surface area contributed by atoms with Gasteiger partial charge >= 0.3 is 0 Å². The largest absolute Gasteiger partial charge is 0.354 e. The van der Waals surface area contributed by atoms with Crippen LogP contribution in [-0.2, 0) is 11.3 Å². The van der Waals surface area contributed by atoms with E-state index >= 15 is 0 Å². The van der Waals surface area contributed by atoms with Gasteiger partial charge in [0, 0.05) is 63.7 Å². The van der Waals surface area contributed by atoms with Crippen molar-refractivity contribution in [2.45, 2.75) is 19.4 Å². The average molecular weight is 249 g/mol. The van der Waals surface area contributed by atoms with Gasteiger partial charge in [-0.05, 0) is 6.42 Å². The van der Waals surface area contributed by atoms with Crippen molar-refractivity contribution in [2.75, 3.05) is 26.2 Å². The molecule has 1 aliphatic heterocycles. The minimum atomic E-state index is 0.0168. The van der Waals surface area contributed by atoms with Gasteiger partial charge in [0.15, 0.2) is 5.43 Å². The van der Waals surface area contributed by atoms with E-state index in [9.17, 15) is 9.59 Å². The van der Waals surface area contributed by atoms with Crippen LogP contribution in [0.2, 0.25) is 0 Å². The van der Waals surface area contributed by atoms with Crippen LogP contribution >= 0.6 is 0 Å². The van der Waals surface area contributed by atoms with E-state index in [0.717, 1.165) is 39.1 Å². The van der Waals surface area contributed by atoms with Crippen molar-refractivity contribution < 1.29 is 4.79 Å². The average Bonchev–Trinajstić information content (AvgIpc) is 2.42. The van der Waals surface area contributed by atoms with Crippen molar-refractivity contribution in [3.05, 3.63) is 34.7 Å². The van der Waals surface area contributed by atoms with Crippen LogP contribution in [0.25, 0.3) is 0 Å². The summed E-state index contributed by atoms with van der Waals surface area (Å²) in [5.74, 6) is 0.234. The molecule has 5 heteroatoms. The molecule has 1 amide bonds. The van der Waals surface area contributed by atoms with E-state index in [1.165, 1.54) is 12.1 Å². The molecule has 5 nitrogen and oxygen atoms in total. The summed E-state index contributed by atoms with van der Waals surface area (Å²) in [6, 6.07) is 3.08. The molecule has 2 heterocycles. The van der Waals surface area contributed by atoms with Crippen LogP contribution in [0.1, 0.15) is 12.8 Å². The van der Waals surface area contributed by atoms with Crippen LogP contribution in [0, 0.1) is 0 Å². The molecule has 0 atom stereocenters. The van der Waals surface area contributed by atoms with E-state index in [2.05, 4.69) is 5.32 Å². The molecular weight excluding hydrogens is 230 g/mol. The number of nitrogens with zero attached hydrogens (tertiary/aromatic N) is 2. The van der Waals surface area contributed by atoms with Gasteiger partial charge in [-0.25, -0.2) is 0 Å². The number of piperazine rings is 1. The highest BCUT2D eigenvalue weighted by molar-refractivity contribution is 5.76. The van der Waals surface area contributed by atoms with Gasteiger partial charge in [0.2, 0.25) is 5.91 Å². The molecule has 1 aromatic heterocycles. The van der Waals surface area contributed by atoms with Gasteiger partial charge in [0.05, 0.1) is 0 Å². The Kier molecular flexibility index (Phi) is 4.52. The molecule has 1 fully saturated rings. The third-order valence-corrected chi connectivity index (χ3v) is 3.14. The van der Waals surface area contributed by atoms with E-state index in [0.29, 0.717) is 6.42 Å². The highest BCUT2D eigenvalue weighted by Crippen LogP contribution is 2.01. The number of hydrogen-bond acceptors (Lipinski definition) is 3. The van der Waals surface area contributed by atoms with E-state index in [1.807, 2.05) is 9.47 Å². The van der Waals surface area contributed by atoms with Gasteiger partial charge in [-0.1, -0.05) is 0 Å². The summed E-state index contributed by atoms with van der Waals surface area (Å²) in [5, 5.41) is 3.23. The molecule has 0 unspecified atom stereocenters. The van der Waals surface area contributed by atoms with Crippen molar-refractivity contribution in [2.24, 2.45) is 0 Å². The number of rotatable bonds is 4. The smallest absolute Gasteiger partial charge is 0.222 e. The summed E-state index contributed by atoms with van der Waals surface area (Å²) < 4.78 is 1.94. The number of amides is 1. The molecule has 1 saturated heterocycles. The van der Waals surface area contributed by atoms with E-state index in [1.54, 1.807) is 12.4 Å². The maximum atomic E-state index is 11.9. The van der Waals surface area contributed by atoms with Crippen molar-refractivity contribution in [1.29, 1.82) is 0 Å². The van der Waals surface area contributed by atoms with Gasteiger partial charge < -0.3 is 14.8 Å². The molecule has 0 aromatic carbocycles. The van der Waals surface area contributed by atoms with Crippen LogP contribution in [-0.4, -0.2) is 41.6 Å². The zero-order valence-electron chi connectivity index (χ0n) is 10.5. The van der Waals surface area contributed by atoms with Gasteiger partial charge in [0.25, 0.3) is 0 Å².